The van der Waals surface area contributed by atoms with Crippen molar-refractivity contribution >= 4 is 22.8 Å². The Morgan fingerprint density at radius 3 is 2.75 bits per heavy atom. The van der Waals surface area contributed by atoms with Crippen LogP contribution in [0.5, 0.6) is 0 Å². The molecule has 0 aliphatic rings. The minimum absolute atomic E-state index is 0.0531. The standard InChI is InChI=1S/C15H14ClN3O/c16-12-9-13-15(17-10-12)19(6-7-20)14(18-13)8-11-4-2-1-3-5-11/h1-5,9-10,20H,6-8H2. The van der Waals surface area contributed by atoms with Gasteiger partial charge in [0.05, 0.1) is 11.6 Å². The number of aromatic nitrogens is 3. The maximum absolute atomic E-state index is 9.24. The van der Waals surface area contributed by atoms with Crippen LogP contribution in [-0.4, -0.2) is 26.2 Å². The lowest BCUT2D eigenvalue weighted by atomic mass is 10.1. The molecule has 2 heterocycles. The lowest BCUT2D eigenvalue weighted by Crippen LogP contribution is -2.08. The molecule has 3 aromatic rings. The third kappa shape index (κ3) is 2.53. The van der Waals surface area contributed by atoms with Crippen LogP contribution in [0.25, 0.3) is 11.2 Å². The Morgan fingerprint density at radius 2 is 2.00 bits per heavy atom. The van der Waals surface area contributed by atoms with E-state index in [0.717, 1.165) is 17.0 Å². The summed E-state index contributed by atoms with van der Waals surface area (Å²) >= 11 is 5.96. The van der Waals surface area contributed by atoms with Gasteiger partial charge in [-0.2, -0.15) is 0 Å². The largest absolute Gasteiger partial charge is 0.395 e. The first kappa shape index (κ1) is 13.1. The third-order valence-corrected chi connectivity index (χ3v) is 3.37. The third-order valence-electron chi connectivity index (χ3n) is 3.16. The Bertz CT molecular complexity index is 725. The predicted octanol–water partition coefficient (Wildman–Crippen LogP) is 2.67. The van der Waals surface area contributed by atoms with Gasteiger partial charge in [0.15, 0.2) is 5.65 Å². The fourth-order valence-electron chi connectivity index (χ4n) is 2.28. The van der Waals surface area contributed by atoms with Gasteiger partial charge in [0.2, 0.25) is 0 Å². The van der Waals surface area contributed by atoms with Gasteiger partial charge < -0.3 is 9.67 Å². The van der Waals surface area contributed by atoms with Crippen molar-refractivity contribution in [2.45, 2.75) is 13.0 Å². The molecule has 0 aliphatic heterocycles. The van der Waals surface area contributed by atoms with Gasteiger partial charge in [-0.15, -0.1) is 0 Å². The van der Waals surface area contributed by atoms with Crippen molar-refractivity contribution in [3.8, 4) is 0 Å². The Labute approximate surface area is 121 Å². The molecule has 0 saturated heterocycles. The summed E-state index contributed by atoms with van der Waals surface area (Å²) in [5.74, 6) is 0.884. The highest BCUT2D eigenvalue weighted by atomic mass is 35.5. The Morgan fingerprint density at radius 1 is 1.20 bits per heavy atom. The summed E-state index contributed by atoms with van der Waals surface area (Å²) in [6.07, 6.45) is 2.31. The molecule has 0 aliphatic carbocycles. The average molecular weight is 288 g/mol. The zero-order valence-electron chi connectivity index (χ0n) is 10.8. The molecule has 102 valence electrons. The molecule has 0 bridgehead atoms. The first-order valence-corrected chi connectivity index (χ1v) is 6.81. The fourth-order valence-corrected chi connectivity index (χ4v) is 2.43. The molecule has 3 rings (SSSR count). The van der Waals surface area contributed by atoms with Gasteiger partial charge in [0, 0.05) is 19.2 Å². The van der Waals surface area contributed by atoms with Gasteiger partial charge in [-0.1, -0.05) is 41.9 Å². The van der Waals surface area contributed by atoms with Crippen molar-refractivity contribution in [3.63, 3.8) is 0 Å². The topological polar surface area (TPSA) is 50.9 Å². The van der Waals surface area contributed by atoms with Gasteiger partial charge in [-0.3, -0.25) is 0 Å². The Kier molecular flexibility index (Phi) is 3.67. The Balaban J connectivity index is 2.06. The lowest BCUT2D eigenvalue weighted by Gasteiger charge is -2.06. The van der Waals surface area contributed by atoms with Crippen LogP contribution in [0.1, 0.15) is 11.4 Å². The van der Waals surface area contributed by atoms with E-state index in [1.54, 1.807) is 12.3 Å². The van der Waals surface area contributed by atoms with Crippen LogP contribution in [0.4, 0.5) is 0 Å². The molecule has 5 heteroatoms. The molecule has 0 unspecified atom stereocenters. The molecule has 2 aromatic heterocycles. The molecule has 1 N–H and O–H groups in total. The number of rotatable bonds is 4. The van der Waals surface area contributed by atoms with Gasteiger partial charge in [-0.05, 0) is 11.6 Å². The van der Waals surface area contributed by atoms with Crippen molar-refractivity contribution < 1.29 is 5.11 Å². The van der Waals surface area contributed by atoms with Crippen LogP contribution in [0.15, 0.2) is 42.6 Å². The number of fused-ring (bicyclic) bond motifs is 1. The van der Waals surface area contributed by atoms with E-state index in [0.29, 0.717) is 18.0 Å². The van der Waals surface area contributed by atoms with Crippen molar-refractivity contribution in [2.24, 2.45) is 0 Å². The van der Waals surface area contributed by atoms with Gasteiger partial charge in [-0.25, -0.2) is 9.97 Å². The van der Waals surface area contributed by atoms with Crippen LogP contribution in [0.3, 0.4) is 0 Å². The highest BCUT2D eigenvalue weighted by molar-refractivity contribution is 6.31. The number of pyridine rings is 1. The molecular formula is C15H14ClN3O. The summed E-state index contributed by atoms with van der Waals surface area (Å²) in [5, 5.41) is 9.81. The lowest BCUT2D eigenvalue weighted by molar-refractivity contribution is 0.276. The van der Waals surface area contributed by atoms with E-state index in [2.05, 4.69) is 22.1 Å². The van der Waals surface area contributed by atoms with E-state index in [9.17, 15) is 5.11 Å². The summed E-state index contributed by atoms with van der Waals surface area (Å²) in [4.78, 5) is 8.91. The van der Waals surface area contributed by atoms with Gasteiger partial charge in [0.1, 0.15) is 11.3 Å². The zero-order chi connectivity index (χ0) is 13.9. The fraction of sp³-hybridized carbons (Fsp3) is 0.200. The van der Waals surface area contributed by atoms with Crippen LogP contribution in [0.2, 0.25) is 5.02 Å². The van der Waals surface area contributed by atoms with Crippen molar-refractivity contribution in [1.82, 2.24) is 14.5 Å². The molecule has 4 nitrogen and oxygen atoms in total. The average Bonchev–Trinajstić information content (AvgIpc) is 2.77. The van der Waals surface area contributed by atoms with E-state index in [1.165, 1.54) is 5.56 Å². The molecule has 0 radical (unpaired) electrons. The highest BCUT2D eigenvalue weighted by Gasteiger charge is 2.12. The first-order chi connectivity index (χ1) is 9.78. The quantitative estimate of drug-likeness (QED) is 0.803. The number of hydrogen-bond acceptors (Lipinski definition) is 3. The van der Waals surface area contributed by atoms with Crippen LogP contribution < -0.4 is 0 Å². The second-order valence-electron chi connectivity index (χ2n) is 4.56. The molecule has 0 saturated carbocycles. The van der Waals surface area contributed by atoms with Crippen molar-refractivity contribution in [2.75, 3.05) is 6.61 Å². The summed E-state index contributed by atoms with van der Waals surface area (Å²) in [6.45, 7) is 0.533. The molecule has 1 aromatic carbocycles. The maximum atomic E-state index is 9.24. The molecule has 0 spiro atoms. The van der Waals surface area contributed by atoms with E-state index in [1.807, 2.05) is 22.8 Å². The molecule has 20 heavy (non-hydrogen) atoms. The van der Waals surface area contributed by atoms with Crippen molar-refractivity contribution in [3.05, 3.63) is 59.0 Å². The zero-order valence-corrected chi connectivity index (χ0v) is 11.6. The minimum atomic E-state index is 0.0531. The van der Waals surface area contributed by atoms with Crippen LogP contribution >= 0.6 is 11.6 Å². The first-order valence-electron chi connectivity index (χ1n) is 6.43. The minimum Gasteiger partial charge on any atom is -0.395 e. The number of nitrogens with zero attached hydrogens (tertiary/aromatic N) is 3. The number of hydrogen-bond donors (Lipinski definition) is 1. The SMILES string of the molecule is OCCn1c(Cc2ccccc2)nc2cc(Cl)cnc21. The number of benzene rings is 1. The normalized spacial score (nSPS) is 11.1. The summed E-state index contributed by atoms with van der Waals surface area (Å²) in [6, 6.07) is 11.9. The summed E-state index contributed by atoms with van der Waals surface area (Å²) < 4.78 is 1.94. The summed E-state index contributed by atoms with van der Waals surface area (Å²) in [7, 11) is 0. The van der Waals surface area contributed by atoms with Crippen LogP contribution in [-0.2, 0) is 13.0 Å². The number of halogens is 1. The molecule has 0 amide bonds. The second kappa shape index (κ2) is 5.61. The monoisotopic (exact) mass is 287 g/mol. The smallest absolute Gasteiger partial charge is 0.160 e. The molecular weight excluding hydrogens is 274 g/mol. The van der Waals surface area contributed by atoms with Crippen LogP contribution in [0, 0.1) is 0 Å². The second-order valence-corrected chi connectivity index (χ2v) is 5.00. The molecule has 0 fully saturated rings. The van der Waals surface area contributed by atoms with E-state index < -0.39 is 0 Å². The predicted molar refractivity (Wildman–Crippen MR) is 78.9 cm³/mol. The summed E-state index contributed by atoms with van der Waals surface area (Å²) in [5.41, 5.74) is 2.69. The highest BCUT2D eigenvalue weighted by Crippen LogP contribution is 2.19. The van der Waals surface area contributed by atoms with E-state index >= 15 is 0 Å². The number of imidazole rings is 1. The van der Waals surface area contributed by atoms with Gasteiger partial charge >= 0.3 is 0 Å². The van der Waals surface area contributed by atoms with E-state index in [-0.39, 0.29) is 6.61 Å². The Hall–Kier alpha value is -1.91. The van der Waals surface area contributed by atoms with Crippen molar-refractivity contribution in [1.29, 1.82) is 0 Å². The maximum Gasteiger partial charge on any atom is 0.160 e. The number of aliphatic hydroxyl groups excluding tert-OH is 1. The van der Waals surface area contributed by atoms with E-state index in [4.69, 9.17) is 11.6 Å². The van der Waals surface area contributed by atoms with Gasteiger partial charge in [0.25, 0.3) is 0 Å². The number of aliphatic hydroxyl groups is 1. The molecule has 0 atom stereocenters.